The molecular weight excluding hydrogens is 308 g/mol. The molecule has 1 aliphatic heterocycles. The van der Waals surface area contributed by atoms with Gasteiger partial charge in [0.1, 0.15) is 5.69 Å². The standard InChI is InChI=1S/C16H20N6O2/c1-16(13-11(8-20-21-13)14(23)17-2)4-3-7-22(10-16)15(24)12-9-18-5-6-19-12/h5-6,8-9H,3-4,7,10H2,1-2H3,(H,17,23)(H,20,21). The van der Waals surface area contributed by atoms with Crippen LogP contribution in [0.4, 0.5) is 0 Å². The third-order valence-corrected chi connectivity index (χ3v) is 4.48. The number of amides is 2. The third-order valence-electron chi connectivity index (χ3n) is 4.48. The lowest BCUT2D eigenvalue weighted by atomic mass is 9.77. The van der Waals surface area contributed by atoms with Gasteiger partial charge < -0.3 is 10.2 Å². The Bertz CT molecular complexity index is 744. The highest BCUT2D eigenvalue weighted by atomic mass is 16.2. The number of carbonyl (C=O) groups is 2. The van der Waals surface area contributed by atoms with Crippen molar-refractivity contribution >= 4 is 11.8 Å². The third kappa shape index (κ3) is 2.86. The van der Waals surface area contributed by atoms with E-state index in [1.54, 1.807) is 11.9 Å². The molecule has 0 aromatic carbocycles. The molecule has 0 spiro atoms. The van der Waals surface area contributed by atoms with E-state index >= 15 is 0 Å². The van der Waals surface area contributed by atoms with Gasteiger partial charge in [-0.05, 0) is 12.8 Å². The van der Waals surface area contributed by atoms with E-state index < -0.39 is 0 Å². The molecular formula is C16H20N6O2. The average molecular weight is 328 g/mol. The fraction of sp³-hybridized carbons (Fsp3) is 0.438. The molecule has 0 radical (unpaired) electrons. The van der Waals surface area contributed by atoms with Gasteiger partial charge in [0.05, 0.1) is 23.7 Å². The van der Waals surface area contributed by atoms with Crippen LogP contribution < -0.4 is 5.32 Å². The average Bonchev–Trinajstić information content (AvgIpc) is 3.12. The quantitative estimate of drug-likeness (QED) is 0.865. The molecule has 3 rings (SSSR count). The highest BCUT2D eigenvalue weighted by molar-refractivity contribution is 5.95. The summed E-state index contributed by atoms with van der Waals surface area (Å²) in [5, 5.41) is 9.61. The molecule has 0 bridgehead atoms. The van der Waals surface area contributed by atoms with Crippen molar-refractivity contribution in [2.75, 3.05) is 20.1 Å². The number of carbonyl (C=O) groups excluding carboxylic acids is 2. The Morgan fingerprint density at radius 3 is 2.88 bits per heavy atom. The SMILES string of the molecule is CNC(=O)c1cn[nH]c1C1(C)CCCN(C(=O)c2cnccn2)C1. The highest BCUT2D eigenvalue weighted by Crippen LogP contribution is 2.34. The Morgan fingerprint density at radius 2 is 2.17 bits per heavy atom. The van der Waals surface area contributed by atoms with Gasteiger partial charge in [0.25, 0.3) is 11.8 Å². The van der Waals surface area contributed by atoms with Crippen molar-refractivity contribution in [2.24, 2.45) is 0 Å². The van der Waals surface area contributed by atoms with Gasteiger partial charge >= 0.3 is 0 Å². The molecule has 0 saturated carbocycles. The lowest BCUT2D eigenvalue weighted by Gasteiger charge is -2.40. The maximum atomic E-state index is 12.7. The summed E-state index contributed by atoms with van der Waals surface area (Å²) in [6.07, 6.45) is 7.76. The van der Waals surface area contributed by atoms with Gasteiger partial charge in [0, 0.05) is 37.9 Å². The van der Waals surface area contributed by atoms with Gasteiger partial charge in [-0.15, -0.1) is 0 Å². The monoisotopic (exact) mass is 328 g/mol. The number of nitrogens with zero attached hydrogens (tertiary/aromatic N) is 4. The molecule has 1 fully saturated rings. The molecule has 2 aromatic rings. The van der Waals surface area contributed by atoms with Gasteiger partial charge in [-0.2, -0.15) is 5.10 Å². The van der Waals surface area contributed by atoms with E-state index in [-0.39, 0.29) is 17.2 Å². The summed E-state index contributed by atoms with van der Waals surface area (Å²) >= 11 is 0. The predicted molar refractivity (Wildman–Crippen MR) is 86.5 cm³/mol. The topological polar surface area (TPSA) is 104 Å². The number of likely N-dealkylation sites (tertiary alicyclic amines) is 1. The molecule has 1 unspecified atom stereocenters. The number of hydrogen-bond donors (Lipinski definition) is 2. The molecule has 0 aliphatic carbocycles. The summed E-state index contributed by atoms with van der Waals surface area (Å²) in [6.45, 7) is 3.20. The first-order valence-electron chi connectivity index (χ1n) is 7.86. The van der Waals surface area contributed by atoms with Crippen LogP contribution in [-0.2, 0) is 5.41 Å². The Morgan fingerprint density at radius 1 is 1.33 bits per heavy atom. The molecule has 24 heavy (non-hydrogen) atoms. The second-order valence-corrected chi connectivity index (χ2v) is 6.22. The fourth-order valence-electron chi connectivity index (χ4n) is 3.24. The number of aromatic nitrogens is 4. The second kappa shape index (κ2) is 6.38. The molecule has 3 heterocycles. The number of rotatable bonds is 3. The first-order chi connectivity index (χ1) is 11.5. The smallest absolute Gasteiger partial charge is 0.274 e. The molecule has 1 atom stereocenters. The summed E-state index contributed by atoms with van der Waals surface area (Å²) in [6, 6.07) is 0. The second-order valence-electron chi connectivity index (χ2n) is 6.22. The Hall–Kier alpha value is -2.77. The molecule has 1 saturated heterocycles. The Kier molecular flexibility index (Phi) is 4.28. The zero-order chi connectivity index (χ0) is 17.2. The molecule has 1 aliphatic rings. The van der Waals surface area contributed by atoms with Crippen LogP contribution in [0.5, 0.6) is 0 Å². The maximum Gasteiger partial charge on any atom is 0.274 e. The summed E-state index contributed by atoms with van der Waals surface area (Å²) < 4.78 is 0. The van der Waals surface area contributed by atoms with E-state index in [4.69, 9.17) is 0 Å². The van der Waals surface area contributed by atoms with E-state index in [0.717, 1.165) is 18.5 Å². The zero-order valence-corrected chi connectivity index (χ0v) is 13.7. The zero-order valence-electron chi connectivity index (χ0n) is 13.7. The molecule has 2 amide bonds. The van der Waals surface area contributed by atoms with Gasteiger partial charge in [-0.25, -0.2) is 4.98 Å². The predicted octanol–water partition coefficient (Wildman–Crippen LogP) is 0.753. The van der Waals surface area contributed by atoms with E-state index in [2.05, 4.69) is 25.5 Å². The Balaban J connectivity index is 1.86. The van der Waals surface area contributed by atoms with Crippen molar-refractivity contribution in [3.8, 4) is 0 Å². The van der Waals surface area contributed by atoms with E-state index in [0.29, 0.717) is 24.3 Å². The summed E-state index contributed by atoms with van der Waals surface area (Å²) in [4.78, 5) is 34.5. The largest absolute Gasteiger partial charge is 0.355 e. The number of piperidine rings is 1. The first kappa shape index (κ1) is 16.1. The van der Waals surface area contributed by atoms with Crippen molar-refractivity contribution < 1.29 is 9.59 Å². The van der Waals surface area contributed by atoms with Gasteiger partial charge in [0.15, 0.2) is 0 Å². The van der Waals surface area contributed by atoms with E-state index in [9.17, 15) is 9.59 Å². The van der Waals surface area contributed by atoms with Crippen molar-refractivity contribution in [3.63, 3.8) is 0 Å². The number of aromatic amines is 1. The number of hydrogen-bond acceptors (Lipinski definition) is 5. The van der Waals surface area contributed by atoms with Crippen LogP contribution in [0.25, 0.3) is 0 Å². The lowest BCUT2D eigenvalue weighted by molar-refractivity contribution is 0.0640. The number of nitrogens with one attached hydrogen (secondary N) is 2. The van der Waals surface area contributed by atoms with E-state index in [1.807, 2.05) is 6.92 Å². The lowest BCUT2D eigenvalue weighted by Crippen LogP contribution is -2.48. The van der Waals surface area contributed by atoms with Gasteiger partial charge in [-0.1, -0.05) is 6.92 Å². The maximum absolute atomic E-state index is 12.7. The Labute approximate surface area is 139 Å². The normalized spacial score (nSPS) is 20.7. The minimum absolute atomic E-state index is 0.143. The molecule has 8 nitrogen and oxygen atoms in total. The molecule has 8 heteroatoms. The van der Waals surface area contributed by atoms with Crippen LogP contribution in [0.3, 0.4) is 0 Å². The first-order valence-corrected chi connectivity index (χ1v) is 7.86. The van der Waals surface area contributed by atoms with Crippen molar-refractivity contribution in [1.82, 2.24) is 30.4 Å². The molecule has 126 valence electrons. The van der Waals surface area contributed by atoms with Crippen molar-refractivity contribution in [1.29, 1.82) is 0 Å². The van der Waals surface area contributed by atoms with Gasteiger partial charge in [-0.3, -0.25) is 19.7 Å². The van der Waals surface area contributed by atoms with Crippen LogP contribution in [0, 0.1) is 0 Å². The summed E-state index contributed by atoms with van der Waals surface area (Å²) in [7, 11) is 1.59. The number of H-pyrrole nitrogens is 1. The molecule has 2 aromatic heterocycles. The minimum Gasteiger partial charge on any atom is -0.355 e. The van der Waals surface area contributed by atoms with Crippen LogP contribution in [0.1, 0.15) is 46.3 Å². The van der Waals surface area contributed by atoms with Crippen LogP contribution in [-0.4, -0.2) is 57.0 Å². The van der Waals surface area contributed by atoms with Crippen LogP contribution in [0.2, 0.25) is 0 Å². The van der Waals surface area contributed by atoms with E-state index in [1.165, 1.54) is 24.8 Å². The van der Waals surface area contributed by atoms with Crippen molar-refractivity contribution in [3.05, 3.63) is 41.7 Å². The summed E-state index contributed by atoms with van der Waals surface area (Å²) in [5.41, 5.74) is 1.25. The van der Waals surface area contributed by atoms with Crippen LogP contribution in [0.15, 0.2) is 24.8 Å². The minimum atomic E-state index is -0.367. The fourth-order valence-corrected chi connectivity index (χ4v) is 3.24. The van der Waals surface area contributed by atoms with Crippen LogP contribution >= 0.6 is 0 Å². The van der Waals surface area contributed by atoms with Crippen molar-refractivity contribution in [2.45, 2.75) is 25.2 Å². The highest BCUT2D eigenvalue weighted by Gasteiger charge is 2.38. The summed E-state index contributed by atoms with van der Waals surface area (Å²) in [5.74, 6) is -0.326. The molecule has 2 N–H and O–H groups in total. The van der Waals surface area contributed by atoms with Gasteiger partial charge in [0.2, 0.25) is 0 Å².